The number of halogens is 2. The molecule has 0 N–H and O–H groups in total. The number of terminal acetylenes is 2. The molecular weight excluding hydrogens is 564 g/mol. The molecule has 0 amide bonds. The van der Waals surface area contributed by atoms with Gasteiger partial charge in [-0.1, -0.05) is 24.0 Å². The van der Waals surface area contributed by atoms with Crippen LogP contribution in [0.3, 0.4) is 0 Å². The first kappa shape index (κ1) is 21.8. The quantitative estimate of drug-likeness (QED) is 0.303. The summed E-state index contributed by atoms with van der Waals surface area (Å²) in [5.74, 6) is 4.93. The first-order valence-corrected chi connectivity index (χ1v) is 11.3. The predicted molar refractivity (Wildman–Crippen MR) is 139 cm³/mol. The smallest absolute Gasteiger partial charge is 0.267 e. The third-order valence-electron chi connectivity index (χ3n) is 5.59. The third kappa shape index (κ3) is 2.90. The average molecular weight is 574 g/mol. The van der Waals surface area contributed by atoms with Crippen molar-refractivity contribution in [2.24, 2.45) is 0 Å². The normalized spacial score (nSPS) is 11.1. The van der Waals surface area contributed by atoms with Crippen LogP contribution in [-0.4, -0.2) is 9.13 Å². The SMILES string of the molecule is C#Cc1cccc(-n2c(=O)c3c(Br)c4c(=O)n(-c5cccc(C#C)c5)c(=O)c4c(Br)c3c2=O)c1. The van der Waals surface area contributed by atoms with Crippen LogP contribution in [0.4, 0.5) is 0 Å². The maximum atomic E-state index is 13.4. The highest BCUT2D eigenvalue weighted by atomic mass is 79.9. The summed E-state index contributed by atoms with van der Waals surface area (Å²) in [5.41, 5.74) is -1.02. The van der Waals surface area contributed by atoms with Gasteiger partial charge in [0.1, 0.15) is 0 Å². The molecule has 0 aliphatic carbocycles. The Morgan fingerprint density at radius 3 is 1.21 bits per heavy atom. The topological polar surface area (TPSA) is 78.1 Å². The summed E-state index contributed by atoms with van der Waals surface area (Å²) in [5, 5.41) is -0.0477. The van der Waals surface area contributed by atoms with E-state index in [4.69, 9.17) is 12.8 Å². The molecule has 0 radical (unpaired) electrons. The molecule has 0 saturated carbocycles. The highest BCUT2D eigenvalue weighted by molar-refractivity contribution is 9.11. The Hall–Kier alpha value is -3.98. The van der Waals surface area contributed by atoms with E-state index in [2.05, 4.69) is 43.7 Å². The van der Waals surface area contributed by atoms with Gasteiger partial charge in [-0.15, -0.1) is 12.8 Å². The Bertz CT molecular complexity index is 1770. The number of nitrogens with zero attached hydrogens (tertiary/aromatic N) is 2. The molecule has 8 heteroatoms. The lowest BCUT2D eigenvalue weighted by atomic mass is 10.1. The first-order chi connectivity index (χ1) is 16.3. The van der Waals surface area contributed by atoms with Crippen LogP contribution in [0.1, 0.15) is 11.1 Å². The van der Waals surface area contributed by atoms with E-state index < -0.39 is 22.2 Å². The van der Waals surface area contributed by atoms with Gasteiger partial charge in [-0.2, -0.15) is 0 Å². The third-order valence-corrected chi connectivity index (χ3v) is 7.17. The Morgan fingerprint density at radius 1 is 0.588 bits per heavy atom. The van der Waals surface area contributed by atoms with Gasteiger partial charge in [0.05, 0.1) is 32.9 Å². The number of hydrogen-bond donors (Lipinski definition) is 0. The largest absolute Gasteiger partial charge is 0.268 e. The minimum atomic E-state index is -0.641. The molecule has 34 heavy (non-hydrogen) atoms. The zero-order valence-electron chi connectivity index (χ0n) is 17.1. The Kier molecular flexibility index (Phi) is 5.02. The van der Waals surface area contributed by atoms with Crippen LogP contribution in [0.2, 0.25) is 0 Å². The average Bonchev–Trinajstić information content (AvgIpc) is 3.27. The number of fused-ring (bicyclic) bond motifs is 2. The van der Waals surface area contributed by atoms with Crippen molar-refractivity contribution < 1.29 is 0 Å². The van der Waals surface area contributed by atoms with Gasteiger partial charge < -0.3 is 0 Å². The molecule has 0 saturated heterocycles. The number of rotatable bonds is 2. The van der Waals surface area contributed by atoms with Gasteiger partial charge in [0.25, 0.3) is 22.2 Å². The molecule has 2 aromatic heterocycles. The Balaban J connectivity index is 1.94. The number of benzene rings is 3. The fraction of sp³-hybridized carbons (Fsp3) is 0. The minimum absolute atomic E-state index is 0.0119. The molecule has 5 rings (SSSR count). The van der Waals surface area contributed by atoms with Crippen molar-refractivity contribution in [1.82, 2.24) is 9.13 Å². The molecule has 5 aromatic rings. The summed E-state index contributed by atoms with van der Waals surface area (Å²) in [7, 11) is 0. The second-order valence-electron chi connectivity index (χ2n) is 7.41. The van der Waals surface area contributed by atoms with E-state index in [1.165, 1.54) is 12.1 Å². The standard InChI is InChI=1S/C26H10Br2N2O4/c1-3-13-7-5-9-15(11-13)29-23(31)17-18(24(29)32)22(28)20-19(21(17)27)25(33)30(26(20)34)16-10-6-8-14(4-2)12-16/h1-2,5-12H. The molecular formula is C26H10Br2N2O4. The van der Waals surface area contributed by atoms with Gasteiger partial charge in [0, 0.05) is 20.1 Å². The second kappa shape index (κ2) is 7.81. The maximum Gasteiger partial charge on any atom is 0.267 e. The predicted octanol–water partition coefficient (Wildman–Crippen LogP) is 3.38. The molecule has 0 aliphatic rings. The highest BCUT2D eigenvalue weighted by Crippen LogP contribution is 2.34. The van der Waals surface area contributed by atoms with Crippen LogP contribution < -0.4 is 22.2 Å². The van der Waals surface area contributed by atoms with Gasteiger partial charge >= 0.3 is 0 Å². The van der Waals surface area contributed by atoms with Crippen LogP contribution in [0.15, 0.2) is 76.7 Å². The molecule has 0 bridgehead atoms. The van der Waals surface area contributed by atoms with Crippen LogP contribution in [0, 0.1) is 24.7 Å². The van der Waals surface area contributed by atoms with Gasteiger partial charge in [-0.25, -0.2) is 9.13 Å². The Labute approximate surface area is 208 Å². The van der Waals surface area contributed by atoms with E-state index in [1.807, 2.05) is 0 Å². The van der Waals surface area contributed by atoms with Crippen molar-refractivity contribution in [3.05, 3.63) is 110 Å². The lowest BCUT2D eigenvalue weighted by Gasteiger charge is -2.01. The van der Waals surface area contributed by atoms with Crippen molar-refractivity contribution >= 4 is 53.4 Å². The van der Waals surface area contributed by atoms with E-state index in [1.54, 1.807) is 36.4 Å². The van der Waals surface area contributed by atoms with E-state index >= 15 is 0 Å². The van der Waals surface area contributed by atoms with E-state index in [-0.39, 0.29) is 41.9 Å². The van der Waals surface area contributed by atoms with Crippen molar-refractivity contribution in [2.45, 2.75) is 0 Å². The van der Waals surface area contributed by atoms with Crippen LogP contribution >= 0.6 is 31.9 Å². The van der Waals surface area contributed by atoms with E-state index in [0.717, 1.165) is 9.13 Å². The molecule has 0 unspecified atom stereocenters. The fourth-order valence-corrected chi connectivity index (χ4v) is 5.53. The van der Waals surface area contributed by atoms with Gasteiger partial charge in [-0.3, -0.25) is 19.2 Å². The molecule has 162 valence electrons. The summed E-state index contributed by atoms with van der Waals surface area (Å²) >= 11 is 6.65. The lowest BCUT2D eigenvalue weighted by molar-refractivity contribution is 0.986. The van der Waals surface area contributed by atoms with Crippen molar-refractivity contribution in [1.29, 1.82) is 0 Å². The van der Waals surface area contributed by atoms with Crippen LogP contribution in [0.25, 0.3) is 32.9 Å². The zero-order chi connectivity index (χ0) is 24.3. The molecule has 0 spiro atoms. The molecule has 6 nitrogen and oxygen atoms in total. The number of aromatic nitrogens is 2. The second-order valence-corrected chi connectivity index (χ2v) is 8.99. The molecule has 0 fully saturated rings. The van der Waals surface area contributed by atoms with Crippen molar-refractivity contribution in [2.75, 3.05) is 0 Å². The monoisotopic (exact) mass is 572 g/mol. The first-order valence-electron chi connectivity index (χ1n) is 9.76. The van der Waals surface area contributed by atoms with Gasteiger partial charge in [-0.05, 0) is 68.3 Å². The van der Waals surface area contributed by atoms with Crippen molar-refractivity contribution in [3.63, 3.8) is 0 Å². The van der Waals surface area contributed by atoms with E-state index in [9.17, 15) is 19.2 Å². The fourth-order valence-electron chi connectivity index (χ4n) is 4.06. The minimum Gasteiger partial charge on any atom is -0.268 e. The molecule has 2 heterocycles. The van der Waals surface area contributed by atoms with Crippen LogP contribution in [-0.2, 0) is 0 Å². The van der Waals surface area contributed by atoms with Gasteiger partial charge in [0.15, 0.2) is 0 Å². The zero-order valence-corrected chi connectivity index (χ0v) is 20.2. The molecule has 0 atom stereocenters. The number of hydrogen-bond acceptors (Lipinski definition) is 4. The maximum absolute atomic E-state index is 13.4. The summed E-state index contributed by atoms with van der Waals surface area (Å²) in [6, 6.07) is 12.8. The lowest BCUT2D eigenvalue weighted by Crippen LogP contribution is -2.24. The summed E-state index contributed by atoms with van der Waals surface area (Å²) in [6.45, 7) is 0. The van der Waals surface area contributed by atoms with Crippen molar-refractivity contribution in [3.8, 4) is 36.1 Å². The molecule has 0 aliphatic heterocycles. The summed E-state index contributed by atoms with van der Waals surface area (Å²) < 4.78 is 2.09. The summed E-state index contributed by atoms with van der Waals surface area (Å²) in [4.78, 5) is 53.5. The van der Waals surface area contributed by atoms with Crippen LogP contribution in [0.5, 0.6) is 0 Å². The summed E-state index contributed by atoms with van der Waals surface area (Å²) in [6.07, 6.45) is 10.9. The van der Waals surface area contributed by atoms with E-state index in [0.29, 0.717) is 11.1 Å². The Morgan fingerprint density at radius 2 is 0.912 bits per heavy atom. The highest BCUT2D eigenvalue weighted by Gasteiger charge is 2.28. The molecule has 3 aromatic carbocycles. The van der Waals surface area contributed by atoms with Gasteiger partial charge in [0.2, 0.25) is 0 Å².